The third-order valence-electron chi connectivity index (χ3n) is 3.45. The standard InChI is InChI=1S/C13H24N2O4S2/c1-9(2)13(10(3)16)14-11(17)7-15-5-6-20-8-12(15)21(4,18)19/h9,12-13H,5-8H2,1-4H3,(H,14,17). The maximum atomic E-state index is 12.1. The number of ketones is 1. The summed E-state index contributed by atoms with van der Waals surface area (Å²) in [6.45, 7) is 5.74. The van der Waals surface area contributed by atoms with Crippen molar-refractivity contribution in [2.45, 2.75) is 32.2 Å². The molecule has 0 bridgehead atoms. The Hall–Kier alpha value is -0.600. The molecule has 8 heteroatoms. The van der Waals surface area contributed by atoms with Gasteiger partial charge in [-0.3, -0.25) is 14.5 Å². The van der Waals surface area contributed by atoms with Crippen molar-refractivity contribution in [2.75, 3.05) is 30.9 Å². The van der Waals surface area contributed by atoms with Crippen molar-refractivity contribution in [3.05, 3.63) is 0 Å². The molecule has 1 amide bonds. The summed E-state index contributed by atoms with van der Waals surface area (Å²) in [4.78, 5) is 25.3. The fourth-order valence-electron chi connectivity index (χ4n) is 2.33. The number of hydrogen-bond donors (Lipinski definition) is 1. The van der Waals surface area contributed by atoms with Crippen molar-refractivity contribution in [3.63, 3.8) is 0 Å². The molecule has 2 atom stereocenters. The van der Waals surface area contributed by atoms with Crippen molar-refractivity contribution in [3.8, 4) is 0 Å². The second kappa shape index (κ2) is 7.60. The molecule has 0 aromatic carbocycles. The van der Waals surface area contributed by atoms with E-state index < -0.39 is 21.3 Å². The maximum Gasteiger partial charge on any atom is 0.234 e. The number of carbonyl (C=O) groups excluding carboxylic acids is 2. The zero-order valence-electron chi connectivity index (χ0n) is 13.0. The van der Waals surface area contributed by atoms with Gasteiger partial charge in [0, 0.05) is 24.3 Å². The predicted molar refractivity (Wildman–Crippen MR) is 85.0 cm³/mol. The SMILES string of the molecule is CC(=O)C(NC(=O)CN1CCSCC1S(C)(=O)=O)C(C)C. The van der Waals surface area contributed by atoms with Crippen LogP contribution in [0.1, 0.15) is 20.8 Å². The van der Waals surface area contributed by atoms with E-state index in [1.165, 1.54) is 13.2 Å². The topological polar surface area (TPSA) is 83.6 Å². The van der Waals surface area contributed by atoms with Gasteiger partial charge in [-0.2, -0.15) is 11.8 Å². The molecule has 1 aliphatic heterocycles. The quantitative estimate of drug-likeness (QED) is 0.743. The minimum Gasteiger partial charge on any atom is -0.345 e. The molecule has 0 aliphatic carbocycles. The lowest BCUT2D eigenvalue weighted by Crippen LogP contribution is -2.53. The van der Waals surface area contributed by atoms with Gasteiger partial charge in [0.05, 0.1) is 12.6 Å². The molecule has 1 aliphatic rings. The lowest BCUT2D eigenvalue weighted by Gasteiger charge is -2.33. The molecule has 1 rings (SSSR count). The van der Waals surface area contributed by atoms with Crippen molar-refractivity contribution in [2.24, 2.45) is 5.92 Å². The molecule has 6 nitrogen and oxygen atoms in total. The van der Waals surface area contributed by atoms with Crippen LogP contribution in [0.5, 0.6) is 0 Å². The van der Waals surface area contributed by atoms with Crippen LogP contribution >= 0.6 is 11.8 Å². The average molecular weight is 336 g/mol. The van der Waals surface area contributed by atoms with Gasteiger partial charge in [-0.25, -0.2) is 8.42 Å². The number of carbonyl (C=O) groups is 2. The van der Waals surface area contributed by atoms with Gasteiger partial charge in [0.15, 0.2) is 15.6 Å². The minimum absolute atomic E-state index is 0.00839. The van der Waals surface area contributed by atoms with Crippen LogP contribution < -0.4 is 5.32 Å². The fraction of sp³-hybridized carbons (Fsp3) is 0.846. The van der Waals surface area contributed by atoms with E-state index in [-0.39, 0.29) is 24.2 Å². The Labute approximate surface area is 130 Å². The molecule has 21 heavy (non-hydrogen) atoms. The highest BCUT2D eigenvalue weighted by molar-refractivity contribution is 8.00. The van der Waals surface area contributed by atoms with Crippen molar-refractivity contribution >= 4 is 33.3 Å². The number of Topliss-reactive ketones (excluding diaryl/α,β-unsaturated/α-hetero) is 1. The number of sulfone groups is 1. The molecular weight excluding hydrogens is 312 g/mol. The van der Waals surface area contributed by atoms with Crippen LogP contribution in [0.15, 0.2) is 0 Å². The lowest BCUT2D eigenvalue weighted by molar-refractivity contribution is -0.128. The van der Waals surface area contributed by atoms with E-state index in [0.717, 1.165) is 5.75 Å². The van der Waals surface area contributed by atoms with Crippen LogP contribution in [0.3, 0.4) is 0 Å². The highest BCUT2D eigenvalue weighted by Gasteiger charge is 2.32. The summed E-state index contributed by atoms with van der Waals surface area (Å²) in [6.07, 6.45) is 1.20. The first-order valence-electron chi connectivity index (χ1n) is 6.93. The van der Waals surface area contributed by atoms with Crippen LogP contribution in [0.25, 0.3) is 0 Å². The molecule has 2 unspecified atom stereocenters. The Morgan fingerprint density at radius 1 is 1.38 bits per heavy atom. The summed E-state index contributed by atoms with van der Waals surface area (Å²) in [5, 5.41) is 2.08. The first-order valence-corrected chi connectivity index (χ1v) is 10.0. The third-order valence-corrected chi connectivity index (χ3v) is 6.14. The number of rotatable bonds is 6. The van der Waals surface area contributed by atoms with Crippen molar-refractivity contribution in [1.29, 1.82) is 0 Å². The molecule has 1 fully saturated rings. The molecule has 0 aromatic rings. The first-order chi connectivity index (χ1) is 9.62. The predicted octanol–water partition coefficient (Wildman–Crippen LogP) is 0.136. The number of thioether (sulfide) groups is 1. The monoisotopic (exact) mass is 336 g/mol. The van der Waals surface area contributed by atoms with Gasteiger partial charge in [-0.15, -0.1) is 0 Å². The largest absolute Gasteiger partial charge is 0.345 e. The van der Waals surface area contributed by atoms with E-state index in [1.54, 1.807) is 16.7 Å². The normalized spacial score (nSPS) is 22.0. The second-order valence-corrected chi connectivity index (χ2v) is 9.08. The summed E-state index contributed by atoms with van der Waals surface area (Å²) < 4.78 is 23.6. The number of hydrogen-bond acceptors (Lipinski definition) is 6. The summed E-state index contributed by atoms with van der Waals surface area (Å²) in [7, 11) is -3.22. The number of nitrogens with one attached hydrogen (secondary N) is 1. The summed E-state index contributed by atoms with van der Waals surface area (Å²) in [5.41, 5.74) is 0. The van der Waals surface area contributed by atoms with Gasteiger partial charge in [-0.05, 0) is 12.8 Å². The van der Waals surface area contributed by atoms with Crippen LogP contribution in [0.4, 0.5) is 0 Å². The molecule has 0 aromatic heterocycles. The molecule has 1 saturated heterocycles. The second-order valence-electron chi connectivity index (χ2n) is 5.73. The molecule has 0 saturated carbocycles. The van der Waals surface area contributed by atoms with E-state index >= 15 is 0 Å². The fourth-order valence-corrected chi connectivity index (χ4v) is 5.27. The zero-order chi connectivity index (χ0) is 16.2. The van der Waals surface area contributed by atoms with Gasteiger partial charge in [0.2, 0.25) is 5.91 Å². The molecule has 0 spiro atoms. The number of nitrogens with zero attached hydrogens (tertiary/aromatic N) is 1. The molecule has 1 heterocycles. The van der Waals surface area contributed by atoms with E-state index in [4.69, 9.17) is 0 Å². The Morgan fingerprint density at radius 3 is 2.48 bits per heavy atom. The summed E-state index contributed by atoms with van der Waals surface area (Å²) >= 11 is 1.58. The highest BCUT2D eigenvalue weighted by Crippen LogP contribution is 2.19. The van der Waals surface area contributed by atoms with Crippen LogP contribution in [0.2, 0.25) is 0 Å². The van der Waals surface area contributed by atoms with Crippen molar-refractivity contribution in [1.82, 2.24) is 10.2 Å². The molecule has 1 N–H and O–H groups in total. The Morgan fingerprint density at radius 2 is 2.00 bits per heavy atom. The van der Waals surface area contributed by atoms with Gasteiger partial charge in [-0.1, -0.05) is 13.8 Å². The number of amides is 1. The smallest absolute Gasteiger partial charge is 0.234 e. The van der Waals surface area contributed by atoms with Gasteiger partial charge in [0.1, 0.15) is 5.37 Å². The Balaban J connectivity index is 2.70. The van der Waals surface area contributed by atoms with E-state index in [1.807, 2.05) is 13.8 Å². The van der Waals surface area contributed by atoms with Crippen LogP contribution in [-0.4, -0.2) is 67.3 Å². The van der Waals surface area contributed by atoms with E-state index in [9.17, 15) is 18.0 Å². The van der Waals surface area contributed by atoms with Gasteiger partial charge in [0.25, 0.3) is 0 Å². The van der Waals surface area contributed by atoms with Crippen LogP contribution in [-0.2, 0) is 19.4 Å². The average Bonchev–Trinajstić information content (AvgIpc) is 2.34. The third kappa shape index (κ3) is 5.60. The minimum atomic E-state index is -3.22. The Bertz CT molecular complexity index is 490. The lowest BCUT2D eigenvalue weighted by atomic mass is 10.0. The zero-order valence-corrected chi connectivity index (χ0v) is 14.6. The molecular formula is C13H24N2O4S2. The Kier molecular flexibility index (Phi) is 6.68. The van der Waals surface area contributed by atoms with Gasteiger partial charge >= 0.3 is 0 Å². The van der Waals surface area contributed by atoms with Gasteiger partial charge < -0.3 is 5.32 Å². The van der Waals surface area contributed by atoms with Crippen LogP contribution in [0, 0.1) is 5.92 Å². The molecule has 0 radical (unpaired) electrons. The van der Waals surface area contributed by atoms with E-state index in [0.29, 0.717) is 12.3 Å². The first kappa shape index (κ1) is 18.4. The maximum absolute atomic E-state index is 12.1. The molecule has 122 valence electrons. The van der Waals surface area contributed by atoms with Crippen molar-refractivity contribution < 1.29 is 18.0 Å². The summed E-state index contributed by atoms with van der Waals surface area (Å²) in [6, 6.07) is -0.520. The van der Waals surface area contributed by atoms with E-state index in [2.05, 4.69) is 5.32 Å². The highest BCUT2D eigenvalue weighted by atomic mass is 32.2. The summed E-state index contributed by atoms with van der Waals surface area (Å²) in [5.74, 6) is 0.900.